The molecule has 126 valence electrons. The van der Waals surface area contributed by atoms with Crippen molar-refractivity contribution >= 4 is 34.6 Å². The van der Waals surface area contributed by atoms with Crippen molar-refractivity contribution in [3.63, 3.8) is 0 Å². The van der Waals surface area contributed by atoms with Gasteiger partial charge in [0.1, 0.15) is 0 Å². The van der Waals surface area contributed by atoms with E-state index >= 15 is 0 Å². The maximum absolute atomic E-state index is 13.5. The molecule has 4 nitrogen and oxygen atoms in total. The van der Waals surface area contributed by atoms with Crippen LogP contribution in [0.3, 0.4) is 0 Å². The van der Waals surface area contributed by atoms with Crippen LogP contribution in [0.15, 0.2) is 36.4 Å². The number of aryl methyl sites for hydroxylation is 1. The second-order valence-corrected chi connectivity index (χ2v) is 5.30. The largest absolute Gasteiger partial charge is 0.353 e. The monoisotopic (exact) mass is 353 g/mol. The third kappa shape index (κ3) is 4.45. The van der Waals surface area contributed by atoms with Crippen LogP contribution in [0.4, 0.5) is 24.5 Å². The Bertz CT molecular complexity index is 783. The number of nitrogens with one attached hydrogen (secondary N) is 3. The van der Waals surface area contributed by atoms with E-state index in [1.807, 2.05) is 31.2 Å². The van der Waals surface area contributed by atoms with E-state index in [2.05, 4.69) is 16.0 Å². The maximum atomic E-state index is 13.5. The first-order valence-corrected chi connectivity index (χ1v) is 7.33. The van der Waals surface area contributed by atoms with Crippen LogP contribution < -0.4 is 16.0 Å². The highest BCUT2D eigenvalue weighted by Crippen LogP contribution is 2.19. The van der Waals surface area contributed by atoms with Crippen LogP contribution in [0.5, 0.6) is 0 Å². The van der Waals surface area contributed by atoms with Gasteiger partial charge in [-0.2, -0.15) is 0 Å². The number of para-hydroxylation sites is 1. The summed E-state index contributed by atoms with van der Waals surface area (Å²) in [5.41, 5.74) is 1.30. The van der Waals surface area contributed by atoms with Crippen molar-refractivity contribution in [3.05, 3.63) is 59.4 Å². The van der Waals surface area contributed by atoms with Crippen molar-refractivity contribution in [2.45, 2.75) is 6.92 Å². The fraction of sp³-hybridized carbons (Fsp3) is 0.125. The lowest BCUT2D eigenvalue weighted by atomic mass is 10.2. The molecule has 24 heavy (non-hydrogen) atoms. The van der Waals surface area contributed by atoms with E-state index < -0.39 is 29.0 Å². The van der Waals surface area contributed by atoms with Gasteiger partial charge in [0.2, 0.25) is 5.91 Å². The number of benzene rings is 2. The number of thiocarbonyl (C=S) groups is 1. The molecule has 0 radical (unpaired) electrons. The summed E-state index contributed by atoms with van der Waals surface area (Å²) in [6.07, 6.45) is 0. The lowest BCUT2D eigenvalue weighted by Crippen LogP contribution is -2.35. The van der Waals surface area contributed by atoms with Gasteiger partial charge in [0.15, 0.2) is 22.6 Å². The van der Waals surface area contributed by atoms with E-state index in [-0.39, 0.29) is 11.7 Å². The van der Waals surface area contributed by atoms with Crippen molar-refractivity contribution in [3.8, 4) is 0 Å². The molecule has 0 heterocycles. The molecule has 0 aliphatic carbocycles. The number of halogens is 3. The molecule has 0 atom stereocenters. The van der Waals surface area contributed by atoms with Crippen LogP contribution in [0, 0.1) is 24.4 Å². The Hall–Kier alpha value is -2.61. The standard InChI is InChI=1S/C16H14F3N3OS/c1-9-4-2-3-5-11(9)22-16(24)20-8-13(23)21-12-7-6-10(17)14(18)15(12)19/h2-7H,8H2,1H3,(H,21,23)(H2,20,22,24). The maximum Gasteiger partial charge on any atom is 0.243 e. The van der Waals surface area contributed by atoms with E-state index in [1.54, 1.807) is 0 Å². The van der Waals surface area contributed by atoms with Gasteiger partial charge in [-0.25, -0.2) is 13.2 Å². The molecule has 0 fully saturated rings. The Morgan fingerprint density at radius 2 is 1.71 bits per heavy atom. The minimum absolute atomic E-state index is 0.199. The molecule has 8 heteroatoms. The summed E-state index contributed by atoms with van der Waals surface area (Å²) in [6, 6.07) is 9.09. The summed E-state index contributed by atoms with van der Waals surface area (Å²) >= 11 is 5.06. The van der Waals surface area contributed by atoms with E-state index in [0.29, 0.717) is 0 Å². The first kappa shape index (κ1) is 17.7. The SMILES string of the molecule is Cc1ccccc1NC(=S)NCC(=O)Nc1ccc(F)c(F)c1F. The average molecular weight is 353 g/mol. The van der Waals surface area contributed by atoms with Crippen LogP contribution in [0.2, 0.25) is 0 Å². The molecule has 0 aliphatic rings. The predicted octanol–water partition coefficient (Wildman–Crippen LogP) is 3.34. The van der Waals surface area contributed by atoms with E-state index in [9.17, 15) is 18.0 Å². The normalized spacial score (nSPS) is 10.2. The van der Waals surface area contributed by atoms with E-state index in [1.165, 1.54) is 0 Å². The fourth-order valence-electron chi connectivity index (χ4n) is 1.86. The van der Waals surface area contributed by atoms with Gasteiger partial charge >= 0.3 is 0 Å². The molecule has 0 bridgehead atoms. The number of amides is 1. The van der Waals surface area contributed by atoms with Crippen molar-refractivity contribution in [1.29, 1.82) is 0 Å². The summed E-state index contributed by atoms with van der Waals surface area (Å²) in [5.74, 6) is -5.08. The molecule has 0 saturated heterocycles. The van der Waals surface area contributed by atoms with E-state index in [0.717, 1.165) is 23.4 Å². The third-order valence-electron chi connectivity index (χ3n) is 3.11. The number of carbonyl (C=O) groups is 1. The average Bonchev–Trinajstić information content (AvgIpc) is 2.56. The predicted molar refractivity (Wildman–Crippen MR) is 90.3 cm³/mol. The second kappa shape index (κ2) is 7.78. The van der Waals surface area contributed by atoms with Crippen molar-refractivity contribution < 1.29 is 18.0 Å². The van der Waals surface area contributed by atoms with Gasteiger partial charge in [0.25, 0.3) is 0 Å². The van der Waals surface area contributed by atoms with Gasteiger partial charge in [-0.15, -0.1) is 0 Å². The summed E-state index contributed by atoms with van der Waals surface area (Å²) in [5, 5.41) is 7.89. The van der Waals surface area contributed by atoms with Crippen LogP contribution >= 0.6 is 12.2 Å². The molecule has 0 spiro atoms. The zero-order valence-electron chi connectivity index (χ0n) is 12.6. The molecule has 1 amide bonds. The molecule has 2 aromatic carbocycles. The third-order valence-corrected chi connectivity index (χ3v) is 3.36. The number of anilines is 2. The van der Waals surface area contributed by atoms with Gasteiger partial charge in [-0.05, 0) is 42.9 Å². The number of hydrogen-bond donors (Lipinski definition) is 3. The Labute approximate surface area is 142 Å². The highest BCUT2D eigenvalue weighted by Gasteiger charge is 2.15. The topological polar surface area (TPSA) is 53.2 Å². The molecular weight excluding hydrogens is 339 g/mol. The second-order valence-electron chi connectivity index (χ2n) is 4.89. The van der Waals surface area contributed by atoms with Gasteiger partial charge in [0.05, 0.1) is 12.2 Å². The Morgan fingerprint density at radius 1 is 1.00 bits per heavy atom. The van der Waals surface area contributed by atoms with Crippen LogP contribution in [0.25, 0.3) is 0 Å². The van der Waals surface area contributed by atoms with Crippen molar-refractivity contribution in [1.82, 2.24) is 5.32 Å². The van der Waals surface area contributed by atoms with Crippen molar-refractivity contribution in [2.75, 3.05) is 17.2 Å². The molecule has 3 N–H and O–H groups in total. The van der Waals surface area contributed by atoms with Gasteiger partial charge in [-0.3, -0.25) is 4.79 Å². The zero-order valence-corrected chi connectivity index (χ0v) is 13.4. The lowest BCUT2D eigenvalue weighted by Gasteiger charge is -2.12. The molecular formula is C16H14F3N3OS. The van der Waals surface area contributed by atoms with Crippen LogP contribution in [-0.4, -0.2) is 17.6 Å². The van der Waals surface area contributed by atoms with Gasteiger partial charge in [-0.1, -0.05) is 18.2 Å². The molecule has 2 aromatic rings. The minimum atomic E-state index is -1.64. The van der Waals surface area contributed by atoms with Gasteiger partial charge in [0, 0.05) is 5.69 Å². The van der Waals surface area contributed by atoms with Crippen LogP contribution in [0.1, 0.15) is 5.56 Å². The summed E-state index contributed by atoms with van der Waals surface area (Å²) < 4.78 is 39.4. The molecule has 0 unspecified atom stereocenters. The van der Waals surface area contributed by atoms with E-state index in [4.69, 9.17) is 12.2 Å². The number of rotatable bonds is 4. The Kier molecular flexibility index (Phi) is 5.75. The highest BCUT2D eigenvalue weighted by atomic mass is 32.1. The summed E-state index contributed by atoms with van der Waals surface area (Å²) in [4.78, 5) is 11.7. The quantitative estimate of drug-likeness (QED) is 0.583. The number of carbonyl (C=O) groups excluding carboxylic acids is 1. The lowest BCUT2D eigenvalue weighted by molar-refractivity contribution is -0.115. The Balaban J connectivity index is 1.88. The molecule has 2 rings (SSSR count). The smallest absolute Gasteiger partial charge is 0.243 e. The zero-order chi connectivity index (χ0) is 17.7. The summed E-state index contributed by atoms with van der Waals surface area (Å²) in [7, 11) is 0. The van der Waals surface area contributed by atoms with Crippen LogP contribution in [-0.2, 0) is 4.79 Å². The first-order valence-electron chi connectivity index (χ1n) is 6.92. The molecule has 0 aromatic heterocycles. The minimum Gasteiger partial charge on any atom is -0.353 e. The Morgan fingerprint density at radius 3 is 2.42 bits per heavy atom. The number of hydrogen-bond acceptors (Lipinski definition) is 2. The fourth-order valence-corrected chi connectivity index (χ4v) is 2.04. The first-order chi connectivity index (χ1) is 11.4. The molecule has 0 aliphatic heterocycles. The van der Waals surface area contributed by atoms with Gasteiger partial charge < -0.3 is 16.0 Å². The van der Waals surface area contributed by atoms with Crippen molar-refractivity contribution in [2.24, 2.45) is 0 Å². The highest BCUT2D eigenvalue weighted by molar-refractivity contribution is 7.80. The molecule has 0 saturated carbocycles. The summed E-state index contributed by atoms with van der Waals surface area (Å²) in [6.45, 7) is 1.62.